The van der Waals surface area contributed by atoms with Crippen molar-refractivity contribution in [1.82, 2.24) is 5.32 Å². The van der Waals surface area contributed by atoms with Crippen molar-refractivity contribution in [1.29, 1.82) is 5.26 Å². The lowest BCUT2D eigenvalue weighted by atomic mass is 10.1. The average Bonchev–Trinajstić information content (AvgIpc) is 2.37. The van der Waals surface area contributed by atoms with E-state index >= 15 is 0 Å². The Morgan fingerprint density at radius 2 is 2.28 bits per heavy atom. The monoisotopic (exact) mass is 248 g/mol. The van der Waals surface area contributed by atoms with Crippen LogP contribution in [0.2, 0.25) is 0 Å². The molecule has 0 saturated heterocycles. The molecule has 1 aromatic carbocycles. The number of aliphatic hydroxyl groups excluding tert-OH is 1. The van der Waals surface area contributed by atoms with Crippen LogP contribution in [0.5, 0.6) is 5.75 Å². The summed E-state index contributed by atoms with van der Waals surface area (Å²) in [6.07, 6.45) is 1.48. The Balaban J connectivity index is 2.48. The SMILES string of the molecule is COc1ccc(C#N)cc1CNCCCC(C)O. The van der Waals surface area contributed by atoms with E-state index in [0.717, 1.165) is 30.7 Å². The summed E-state index contributed by atoms with van der Waals surface area (Å²) in [5.74, 6) is 0.789. The Morgan fingerprint density at radius 3 is 2.89 bits per heavy atom. The van der Waals surface area contributed by atoms with Gasteiger partial charge in [-0.15, -0.1) is 0 Å². The lowest BCUT2D eigenvalue weighted by Crippen LogP contribution is -2.16. The van der Waals surface area contributed by atoms with Crippen LogP contribution < -0.4 is 10.1 Å². The highest BCUT2D eigenvalue weighted by Gasteiger charge is 2.04. The van der Waals surface area contributed by atoms with Crippen LogP contribution in [0.3, 0.4) is 0 Å². The van der Waals surface area contributed by atoms with E-state index in [1.54, 1.807) is 20.1 Å². The number of aliphatic hydroxyl groups is 1. The molecule has 1 atom stereocenters. The summed E-state index contributed by atoms with van der Waals surface area (Å²) in [5, 5.41) is 21.3. The van der Waals surface area contributed by atoms with Crippen molar-refractivity contribution in [3.05, 3.63) is 29.3 Å². The number of nitrogens with one attached hydrogen (secondary N) is 1. The zero-order valence-electron chi connectivity index (χ0n) is 10.9. The summed E-state index contributed by atoms with van der Waals surface area (Å²) in [4.78, 5) is 0. The smallest absolute Gasteiger partial charge is 0.123 e. The number of ether oxygens (including phenoxy) is 1. The minimum atomic E-state index is -0.247. The van der Waals surface area contributed by atoms with Gasteiger partial charge in [0, 0.05) is 12.1 Å². The standard InChI is InChI=1S/C14H20N2O2/c1-11(17)4-3-7-16-10-13-8-12(9-15)5-6-14(13)18-2/h5-6,8,11,16-17H,3-4,7,10H2,1-2H3. The van der Waals surface area contributed by atoms with Crippen molar-refractivity contribution in [2.75, 3.05) is 13.7 Å². The molecule has 0 saturated carbocycles. The number of nitriles is 1. The third-order valence-corrected chi connectivity index (χ3v) is 2.70. The van der Waals surface area contributed by atoms with Gasteiger partial charge in [0.25, 0.3) is 0 Å². The number of rotatable bonds is 7. The third-order valence-electron chi connectivity index (χ3n) is 2.70. The van der Waals surface area contributed by atoms with Crippen LogP contribution in [0.15, 0.2) is 18.2 Å². The van der Waals surface area contributed by atoms with Crippen LogP contribution in [0, 0.1) is 11.3 Å². The molecular formula is C14H20N2O2. The van der Waals surface area contributed by atoms with E-state index in [0.29, 0.717) is 12.1 Å². The quantitative estimate of drug-likeness (QED) is 0.722. The number of nitrogens with zero attached hydrogens (tertiary/aromatic N) is 1. The van der Waals surface area contributed by atoms with Crippen molar-refractivity contribution >= 4 is 0 Å². The largest absolute Gasteiger partial charge is 0.496 e. The maximum atomic E-state index is 9.14. The number of benzene rings is 1. The van der Waals surface area contributed by atoms with E-state index in [2.05, 4.69) is 11.4 Å². The molecule has 0 bridgehead atoms. The Kier molecular flexibility index (Phi) is 6.20. The zero-order valence-corrected chi connectivity index (χ0v) is 10.9. The van der Waals surface area contributed by atoms with E-state index in [4.69, 9.17) is 15.1 Å². The van der Waals surface area contributed by atoms with Gasteiger partial charge in [0.2, 0.25) is 0 Å². The molecule has 0 aliphatic carbocycles. The van der Waals surface area contributed by atoms with Crippen molar-refractivity contribution in [2.45, 2.75) is 32.4 Å². The van der Waals surface area contributed by atoms with E-state index in [1.807, 2.05) is 12.1 Å². The van der Waals surface area contributed by atoms with Crippen molar-refractivity contribution < 1.29 is 9.84 Å². The van der Waals surface area contributed by atoms with Gasteiger partial charge in [-0.1, -0.05) is 0 Å². The molecule has 4 nitrogen and oxygen atoms in total. The van der Waals surface area contributed by atoms with Crippen molar-refractivity contribution in [2.24, 2.45) is 0 Å². The first kappa shape index (κ1) is 14.5. The van der Waals surface area contributed by atoms with Gasteiger partial charge >= 0.3 is 0 Å². The molecule has 0 aliphatic heterocycles. The molecule has 98 valence electrons. The number of hydrogen-bond acceptors (Lipinski definition) is 4. The first-order valence-electron chi connectivity index (χ1n) is 6.13. The predicted octanol–water partition coefficient (Wildman–Crippen LogP) is 1.82. The fourth-order valence-electron chi connectivity index (χ4n) is 1.73. The fourth-order valence-corrected chi connectivity index (χ4v) is 1.73. The molecule has 0 heterocycles. The summed E-state index contributed by atoms with van der Waals surface area (Å²) < 4.78 is 5.25. The minimum absolute atomic E-state index is 0.247. The van der Waals surface area contributed by atoms with Gasteiger partial charge in [0.1, 0.15) is 5.75 Å². The molecule has 1 aromatic rings. The molecule has 0 amide bonds. The molecule has 0 radical (unpaired) electrons. The van der Waals surface area contributed by atoms with Crippen molar-refractivity contribution in [3.8, 4) is 11.8 Å². The van der Waals surface area contributed by atoms with E-state index < -0.39 is 0 Å². The van der Waals surface area contributed by atoms with Gasteiger partial charge < -0.3 is 15.2 Å². The molecule has 1 rings (SSSR count). The maximum Gasteiger partial charge on any atom is 0.123 e. The molecule has 0 aromatic heterocycles. The summed E-state index contributed by atoms with van der Waals surface area (Å²) in [5.41, 5.74) is 1.62. The fraction of sp³-hybridized carbons (Fsp3) is 0.500. The predicted molar refractivity (Wildman–Crippen MR) is 70.3 cm³/mol. The van der Waals surface area contributed by atoms with Crippen LogP contribution in [0.1, 0.15) is 30.9 Å². The van der Waals surface area contributed by atoms with Crippen molar-refractivity contribution in [3.63, 3.8) is 0 Å². The Bertz CT molecular complexity index is 411. The third kappa shape index (κ3) is 4.74. The highest BCUT2D eigenvalue weighted by Crippen LogP contribution is 2.19. The molecule has 4 heteroatoms. The van der Waals surface area contributed by atoms with Crippen LogP contribution in [-0.2, 0) is 6.54 Å². The van der Waals surface area contributed by atoms with E-state index in [9.17, 15) is 0 Å². The number of hydrogen-bond donors (Lipinski definition) is 2. The topological polar surface area (TPSA) is 65.3 Å². The summed E-state index contributed by atoms with van der Waals surface area (Å²) in [6, 6.07) is 7.51. The van der Waals surface area contributed by atoms with E-state index in [1.165, 1.54) is 0 Å². The van der Waals surface area contributed by atoms with Gasteiger partial charge in [0.05, 0.1) is 24.8 Å². The van der Waals surface area contributed by atoms with Gasteiger partial charge in [-0.2, -0.15) is 5.26 Å². The van der Waals surface area contributed by atoms with Crippen LogP contribution in [-0.4, -0.2) is 24.9 Å². The summed E-state index contributed by atoms with van der Waals surface area (Å²) in [7, 11) is 1.62. The van der Waals surface area contributed by atoms with Crippen LogP contribution >= 0.6 is 0 Å². The maximum absolute atomic E-state index is 9.14. The van der Waals surface area contributed by atoms with Gasteiger partial charge in [-0.25, -0.2) is 0 Å². The van der Waals surface area contributed by atoms with Gasteiger partial charge in [0.15, 0.2) is 0 Å². The summed E-state index contributed by atoms with van der Waals surface area (Å²) >= 11 is 0. The highest BCUT2D eigenvalue weighted by atomic mass is 16.5. The number of methoxy groups -OCH3 is 1. The molecule has 0 spiro atoms. The van der Waals surface area contributed by atoms with Gasteiger partial charge in [-0.3, -0.25) is 0 Å². The van der Waals surface area contributed by atoms with Crippen LogP contribution in [0.4, 0.5) is 0 Å². The highest BCUT2D eigenvalue weighted by molar-refractivity contribution is 5.41. The molecule has 1 unspecified atom stereocenters. The lowest BCUT2D eigenvalue weighted by Gasteiger charge is -2.10. The first-order valence-corrected chi connectivity index (χ1v) is 6.13. The van der Waals surface area contributed by atoms with E-state index in [-0.39, 0.29) is 6.10 Å². The molecular weight excluding hydrogens is 228 g/mol. The minimum Gasteiger partial charge on any atom is -0.496 e. The normalized spacial score (nSPS) is 11.9. The zero-order chi connectivity index (χ0) is 13.4. The Hall–Kier alpha value is -1.57. The summed E-state index contributed by atoms with van der Waals surface area (Å²) in [6.45, 7) is 3.29. The first-order chi connectivity index (χ1) is 8.67. The van der Waals surface area contributed by atoms with Crippen LogP contribution in [0.25, 0.3) is 0 Å². The lowest BCUT2D eigenvalue weighted by molar-refractivity contribution is 0.181. The molecule has 2 N–H and O–H groups in total. The average molecular weight is 248 g/mol. The molecule has 18 heavy (non-hydrogen) atoms. The second-order valence-electron chi connectivity index (χ2n) is 4.31. The Morgan fingerprint density at radius 1 is 1.50 bits per heavy atom. The molecule has 0 fully saturated rings. The van der Waals surface area contributed by atoms with Gasteiger partial charge in [-0.05, 0) is 44.5 Å². The second-order valence-corrected chi connectivity index (χ2v) is 4.31. The second kappa shape index (κ2) is 7.70. The Labute approximate surface area is 108 Å². The molecule has 0 aliphatic rings.